The molecule has 0 aliphatic rings. The van der Waals surface area contributed by atoms with Gasteiger partial charge < -0.3 is 10.1 Å². The van der Waals surface area contributed by atoms with Crippen LogP contribution in [0.5, 0.6) is 5.75 Å². The molecular weight excluding hydrogens is 278 g/mol. The number of rotatable bonds is 6. The van der Waals surface area contributed by atoms with Crippen LogP contribution < -0.4 is 10.1 Å². The Hall–Kier alpha value is -2.15. The molecule has 0 aliphatic heterocycles. The highest BCUT2D eigenvalue weighted by Crippen LogP contribution is 2.31. The fourth-order valence-electron chi connectivity index (χ4n) is 1.64. The number of nitrogens with zero attached hydrogens (tertiary/aromatic N) is 2. The minimum Gasteiger partial charge on any atom is -0.484 e. The summed E-state index contributed by atoms with van der Waals surface area (Å²) in [6, 6.07) is 4.78. The summed E-state index contributed by atoms with van der Waals surface area (Å²) in [4.78, 5) is 15.6. The van der Waals surface area contributed by atoms with E-state index >= 15 is 0 Å². The number of nitrogens with one attached hydrogen (secondary N) is 1. The zero-order valence-electron chi connectivity index (χ0n) is 11.2. The number of aromatic nitrogens is 1. The number of nitro benzene ring substituents is 1. The zero-order valence-corrected chi connectivity index (χ0v) is 12.0. The summed E-state index contributed by atoms with van der Waals surface area (Å²) in [6.45, 7) is 4.30. The van der Waals surface area contributed by atoms with E-state index in [1.54, 1.807) is 35.2 Å². The summed E-state index contributed by atoms with van der Waals surface area (Å²) in [5.41, 5.74) is 2.52. The summed E-state index contributed by atoms with van der Waals surface area (Å²) in [5.74, 6) is 0.277. The highest BCUT2D eigenvalue weighted by atomic mass is 32.1. The van der Waals surface area contributed by atoms with Gasteiger partial charge in [-0.3, -0.25) is 15.1 Å². The zero-order chi connectivity index (χ0) is 14.5. The Balaban J connectivity index is 2.15. The van der Waals surface area contributed by atoms with Gasteiger partial charge in [0.15, 0.2) is 5.75 Å². The van der Waals surface area contributed by atoms with Gasteiger partial charge in [0.1, 0.15) is 0 Å². The van der Waals surface area contributed by atoms with Gasteiger partial charge in [-0.1, -0.05) is 0 Å². The van der Waals surface area contributed by atoms with Gasteiger partial charge in [0.05, 0.1) is 23.1 Å². The molecular formula is C13H15N3O3S. The van der Waals surface area contributed by atoms with Gasteiger partial charge in [-0.25, -0.2) is 0 Å². The Morgan fingerprint density at radius 1 is 1.50 bits per heavy atom. The second-order valence-corrected chi connectivity index (χ2v) is 5.40. The number of thiazole rings is 1. The molecule has 20 heavy (non-hydrogen) atoms. The average molecular weight is 293 g/mol. The van der Waals surface area contributed by atoms with Crippen molar-refractivity contribution in [3.63, 3.8) is 0 Å². The van der Waals surface area contributed by atoms with Crippen LogP contribution in [0.1, 0.15) is 18.7 Å². The Labute approximate surface area is 120 Å². The van der Waals surface area contributed by atoms with Crippen LogP contribution in [0.2, 0.25) is 0 Å². The van der Waals surface area contributed by atoms with E-state index in [9.17, 15) is 10.1 Å². The monoisotopic (exact) mass is 293 g/mol. The SMILES string of the molecule is CC(C)Oc1cc(NCc2cncs2)ccc1[N+](=O)[O-]. The van der Waals surface area contributed by atoms with Gasteiger partial charge >= 0.3 is 5.69 Å². The minimum absolute atomic E-state index is 0.0259. The standard InChI is InChI=1S/C13H15N3O3S/c1-9(2)19-13-5-10(3-4-12(13)16(17)18)15-7-11-6-14-8-20-11/h3-6,8-9,15H,7H2,1-2H3. The molecule has 1 N–H and O–H groups in total. The van der Waals surface area contributed by atoms with E-state index in [2.05, 4.69) is 10.3 Å². The van der Waals surface area contributed by atoms with Crippen LogP contribution >= 0.6 is 11.3 Å². The third-order valence-electron chi connectivity index (χ3n) is 2.47. The topological polar surface area (TPSA) is 77.3 Å². The summed E-state index contributed by atoms with van der Waals surface area (Å²) in [6.07, 6.45) is 1.67. The summed E-state index contributed by atoms with van der Waals surface area (Å²) < 4.78 is 5.49. The van der Waals surface area contributed by atoms with Crippen LogP contribution in [0, 0.1) is 10.1 Å². The lowest BCUT2D eigenvalue weighted by molar-refractivity contribution is -0.386. The van der Waals surface area contributed by atoms with Gasteiger partial charge in [-0.2, -0.15) is 0 Å². The maximum Gasteiger partial charge on any atom is 0.311 e. The summed E-state index contributed by atoms with van der Waals surface area (Å²) in [7, 11) is 0. The molecule has 0 atom stereocenters. The molecule has 106 valence electrons. The molecule has 0 saturated heterocycles. The first kappa shape index (κ1) is 14.3. The van der Waals surface area contributed by atoms with Crippen LogP contribution in [-0.2, 0) is 6.54 Å². The molecule has 0 spiro atoms. The number of hydrogen-bond acceptors (Lipinski definition) is 6. The van der Waals surface area contributed by atoms with Crippen molar-refractivity contribution in [2.45, 2.75) is 26.5 Å². The Morgan fingerprint density at radius 2 is 2.30 bits per heavy atom. The molecule has 0 bridgehead atoms. The van der Waals surface area contributed by atoms with Crippen molar-refractivity contribution in [3.8, 4) is 5.75 Å². The van der Waals surface area contributed by atoms with E-state index in [1.807, 2.05) is 13.8 Å². The van der Waals surface area contributed by atoms with E-state index in [0.717, 1.165) is 10.6 Å². The van der Waals surface area contributed by atoms with Gasteiger partial charge in [0.25, 0.3) is 0 Å². The van der Waals surface area contributed by atoms with Crippen molar-refractivity contribution in [1.82, 2.24) is 4.98 Å². The van der Waals surface area contributed by atoms with Crippen LogP contribution in [0.4, 0.5) is 11.4 Å². The van der Waals surface area contributed by atoms with Gasteiger partial charge in [0, 0.05) is 28.9 Å². The van der Waals surface area contributed by atoms with E-state index in [4.69, 9.17) is 4.74 Å². The maximum absolute atomic E-state index is 11.0. The van der Waals surface area contributed by atoms with Gasteiger partial charge in [-0.05, 0) is 19.9 Å². The smallest absolute Gasteiger partial charge is 0.311 e. The number of nitro groups is 1. The highest BCUT2D eigenvalue weighted by molar-refractivity contribution is 7.09. The highest BCUT2D eigenvalue weighted by Gasteiger charge is 2.16. The second kappa shape index (κ2) is 6.33. The van der Waals surface area contributed by atoms with Gasteiger partial charge in [-0.15, -0.1) is 11.3 Å². The van der Waals surface area contributed by atoms with Crippen LogP contribution in [0.15, 0.2) is 29.9 Å². The number of benzene rings is 1. The molecule has 2 rings (SSSR count). The van der Waals surface area contributed by atoms with Crippen molar-refractivity contribution < 1.29 is 9.66 Å². The first-order valence-corrected chi connectivity index (χ1v) is 7.00. The lowest BCUT2D eigenvalue weighted by Crippen LogP contribution is -2.08. The van der Waals surface area contributed by atoms with Crippen molar-refractivity contribution >= 4 is 22.7 Å². The summed E-state index contributed by atoms with van der Waals surface area (Å²) >= 11 is 1.55. The van der Waals surface area contributed by atoms with Crippen molar-refractivity contribution in [2.75, 3.05) is 5.32 Å². The third-order valence-corrected chi connectivity index (χ3v) is 3.25. The van der Waals surface area contributed by atoms with Crippen LogP contribution in [0.3, 0.4) is 0 Å². The summed E-state index contributed by atoms with van der Waals surface area (Å²) in [5, 5.41) is 14.2. The molecule has 0 saturated carbocycles. The predicted octanol–water partition coefficient (Wildman–Crippen LogP) is 3.45. The molecule has 2 aromatic rings. The van der Waals surface area contributed by atoms with Crippen molar-refractivity contribution in [3.05, 3.63) is 44.9 Å². The second-order valence-electron chi connectivity index (χ2n) is 4.43. The predicted molar refractivity (Wildman–Crippen MR) is 78.3 cm³/mol. The van der Waals surface area contributed by atoms with E-state index in [-0.39, 0.29) is 17.5 Å². The first-order valence-electron chi connectivity index (χ1n) is 6.12. The molecule has 0 aliphatic carbocycles. The molecule has 0 amide bonds. The van der Waals surface area contributed by atoms with E-state index in [0.29, 0.717) is 6.54 Å². The number of ether oxygens (including phenoxy) is 1. The Bertz CT molecular complexity index is 585. The number of anilines is 1. The van der Waals surface area contributed by atoms with Crippen LogP contribution in [0.25, 0.3) is 0 Å². The molecule has 7 heteroatoms. The molecule has 0 radical (unpaired) electrons. The lowest BCUT2D eigenvalue weighted by atomic mass is 10.2. The fourth-order valence-corrected chi connectivity index (χ4v) is 2.18. The van der Waals surface area contributed by atoms with E-state index < -0.39 is 4.92 Å². The molecule has 0 fully saturated rings. The van der Waals surface area contributed by atoms with E-state index in [1.165, 1.54) is 6.07 Å². The normalized spacial score (nSPS) is 10.6. The quantitative estimate of drug-likeness (QED) is 0.652. The molecule has 1 heterocycles. The third kappa shape index (κ3) is 3.67. The molecule has 0 unspecified atom stereocenters. The van der Waals surface area contributed by atoms with Crippen molar-refractivity contribution in [1.29, 1.82) is 0 Å². The lowest BCUT2D eigenvalue weighted by Gasteiger charge is -2.12. The average Bonchev–Trinajstić information content (AvgIpc) is 2.88. The largest absolute Gasteiger partial charge is 0.484 e. The maximum atomic E-state index is 11.0. The van der Waals surface area contributed by atoms with Crippen LogP contribution in [-0.4, -0.2) is 16.0 Å². The first-order chi connectivity index (χ1) is 9.56. The molecule has 1 aromatic carbocycles. The van der Waals surface area contributed by atoms with Gasteiger partial charge in [0.2, 0.25) is 0 Å². The number of hydrogen-bond donors (Lipinski definition) is 1. The Kier molecular flexibility index (Phi) is 4.52. The Morgan fingerprint density at radius 3 is 2.90 bits per heavy atom. The minimum atomic E-state index is -0.440. The van der Waals surface area contributed by atoms with Crippen molar-refractivity contribution in [2.24, 2.45) is 0 Å². The molecule has 1 aromatic heterocycles. The molecule has 6 nitrogen and oxygen atoms in total. The fraction of sp³-hybridized carbons (Fsp3) is 0.308.